The van der Waals surface area contributed by atoms with Crippen LogP contribution in [0.1, 0.15) is 18.1 Å². The molecule has 0 spiro atoms. The maximum absolute atomic E-state index is 12.0. The van der Waals surface area contributed by atoms with Crippen LogP contribution in [0.5, 0.6) is 11.5 Å². The largest absolute Gasteiger partial charge is 0.496 e. The lowest BCUT2D eigenvalue weighted by molar-refractivity contribution is -0.141. The summed E-state index contributed by atoms with van der Waals surface area (Å²) in [6.07, 6.45) is 0.448. The third-order valence-electron chi connectivity index (χ3n) is 3.94. The fourth-order valence-electron chi connectivity index (χ4n) is 2.45. The van der Waals surface area contributed by atoms with Crippen LogP contribution in [0.4, 0.5) is 5.69 Å². The lowest BCUT2D eigenvalue weighted by atomic mass is 10.0. The Kier molecular flexibility index (Phi) is 6.60. The van der Waals surface area contributed by atoms with E-state index in [2.05, 4.69) is 5.32 Å². The molecule has 1 atom stereocenters. The second kappa shape index (κ2) is 8.89. The Bertz CT molecular complexity index is 770. The third-order valence-corrected chi connectivity index (χ3v) is 3.94. The first-order valence-electron chi connectivity index (χ1n) is 8.28. The van der Waals surface area contributed by atoms with Gasteiger partial charge in [-0.2, -0.15) is 0 Å². The van der Waals surface area contributed by atoms with Crippen LogP contribution in [0.3, 0.4) is 0 Å². The molecule has 138 valence electrons. The quantitative estimate of drug-likeness (QED) is 0.757. The first-order valence-corrected chi connectivity index (χ1v) is 8.28. The summed E-state index contributed by atoms with van der Waals surface area (Å²) in [5.41, 5.74) is 2.47. The van der Waals surface area contributed by atoms with E-state index in [0.717, 1.165) is 16.9 Å². The normalized spacial score (nSPS) is 11.5. The molecule has 0 radical (unpaired) electrons. The number of benzene rings is 2. The zero-order valence-electron chi connectivity index (χ0n) is 15.1. The van der Waals surface area contributed by atoms with E-state index in [1.807, 2.05) is 25.1 Å². The smallest absolute Gasteiger partial charge is 0.306 e. The zero-order valence-corrected chi connectivity index (χ0v) is 15.1. The van der Waals surface area contributed by atoms with Crippen LogP contribution in [-0.4, -0.2) is 30.7 Å². The van der Waals surface area contributed by atoms with Crippen molar-refractivity contribution >= 4 is 17.6 Å². The predicted octanol–water partition coefficient (Wildman–Crippen LogP) is 3.28. The number of carboxylic acids is 1. The molecule has 0 aromatic heterocycles. The molecular weight excluding hydrogens is 334 g/mol. The van der Waals surface area contributed by atoms with Crippen molar-refractivity contribution in [2.75, 3.05) is 19.0 Å². The van der Waals surface area contributed by atoms with Crippen LogP contribution in [0, 0.1) is 12.8 Å². The van der Waals surface area contributed by atoms with Crippen molar-refractivity contribution in [2.24, 2.45) is 5.92 Å². The molecule has 0 saturated heterocycles. The van der Waals surface area contributed by atoms with Gasteiger partial charge in [0, 0.05) is 5.69 Å². The van der Waals surface area contributed by atoms with Crippen molar-refractivity contribution < 1.29 is 24.2 Å². The molecule has 2 aromatic rings. The van der Waals surface area contributed by atoms with E-state index < -0.39 is 11.9 Å². The van der Waals surface area contributed by atoms with E-state index in [1.54, 1.807) is 38.3 Å². The van der Waals surface area contributed by atoms with E-state index in [1.165, 1.54) is 0 Å². The van der Waals surface area contributed by atoms with Crippen LogP contribution in [0.2, 0.25) is 0 Å². The molecule has 2 aromatic carbocycles. The maximum atomic E-state index is 12.0. The number of methoxy groups -OCH3 is 1. The number of amides is 1. The minimum absolute atomic E-state index is 0.108. The highest BCUT2D eigenvalue weighted by Gasteiger charge is 2.11. The molecule has 6 heteroatoms. The Morgan fingerprint density at radius 1 is 1.15 bits per heavy atom. The summed E-state index contributed by atoms with van der Waals surface area (Å²) in [5, 5.41) is 11.7. The summed E-state index contributed by atoms with van der Waals surface area (Å²) < 4.78 is 10.7. The maximum Gasteiger partial charge on any atom is 0.306 e. The molecule has 0 bridgehead atoms. The fourth-order valence-corrected chi connectivity index (χ4v) is 2.45. The highest BCUT2D eigenvalue weighted by atomic mass is 16.5. The topological polar surface area (TPSA) is 84.9 Å². The highest BCUT2D eigenvalue weighted by Crippen LogP contribution is 2.23. The van der Waals surface area contributed by atoms with Gasteiger partial charge in [-0.15, -0.1) is 0 Å². The Balaban J connectivity index is 1.85. The predicted molar refractivity (Wildman–Crippen MR) is 98.8 cm³/mol. The van der Waals surface area contributed by atoms with Crippen molar-refractivity contribution in [3.8, 4) is 11.5 Å². The number of ether oxygens (including phenoxy) is 2. The number of aryl methyl sites for hydroxylation is 1. The van der Waals surface area contributed by atoms with Gasteiger partial charge in [0.1, 0.15) is 11.5 Å². The standard InChI is InChI=1S/C20H23NO5/c1-13-11-17(8-9-18(13)25-3)26-12-19(22)21-16-6-4-15(5-7-16)10-14(2)20(23)24/h4-9,11,14H,10,12H2,1-3H3,(H,21,22)(H,23,24). The van der Waals surface area contributed by atoms with Crippen molar-refractivity contribution in [3.05, 3.63) is 53.6 Å². The van der Waals surface area contributed by atoms with Gasteiger partial charge in [0.05, 0.1) is 13.0 Å². The van der Waals surface area contributed by atoms with E-state index in [9.17, 15) is 9.59 Å². The van der Waals surface area contributed by atoms with Crippen molar-refractivity contribution in [1.29, 1.82) is 0 Å². The second-order valence-electron chi connectivity index (χ2n) is 6.11. The molecule has 26 heavy (non-hydrogen) atoms. The molecule has 0 aliphatic rings. The first-order chi connectivity index (χ1) is 12.4. The van der Waals surface area contributed by atoms with Crippen molar-refractivity contribution in [2.45, 2.75) is 20.3 Å². The molecule has 0 fully saturated rings. The summed E-state index contributed by atoms with van der Waals surface area (Å²) in [6, 6.07) is 12.5. The van der Waals surface area contributed by atoms with Crippen LogP contribution >= 0.6 is 0 Å². The number of hydrogen-bond acceptors (Lipinski definition) is 4. The summed E-state index contributed by atoms with van der Waals surface area (Å²) in [6.45, 7) is 3.46. The monoisotopic (exact) mass is 357 g/mol. The van der Waals surface area contributed by atoms with Gasteiger partial charge in [0.2, 0.25) is 0 Å². The molecular formula is C20H23NO5. The third kappa shape index (κ3) is 5.51. The number of rotatable bonds is 8. The van der Waals surface area contributed by atoms with E-state index >= 15 is 0 Å². The number of hydrogen-bond donors (Lipinski definition) is 2. The Morgan fingerprint density at radius 2 is 1.85 bits per heavy atom. The van der Waals surface area contributed by atoms with E-state index in [4.69, 9.17) is 14.6 Å². The number of aliphatic carboxylic acids is 1. The zero-order chi connectivity index (χ0) is 19.1. The molecule has 2 rings (SSSR count). The summed E-state index contributed by atoms with van der Waals surface area (Å²) in [5.74, 6) is -0.189. The average molecular weight is 357 g/mol. The summed E-state index contributed by atoms with van der Waals surface area (Å²) in [7, 11) is 1.60. The Labute approximate surface area is 152 Å². The van der Waals surface area contributed by atoms with Crippen LogP contribution in [0.15, 0.2) is 42.5 Å². The fraction of sp³-hybridized carbons (Fsp3) is 0.300. The molecule has 1 amide bonds. The summed E-state index contributed by atoms with van der Waals surface area (Å²) >= 11 is 0. The van der Waals surface area contributed by atoms with Gasteiger partial charge in [-0.25, -0.2) is 0 Å². The number of carbonyl (C=O) groups is 2. The number of carbonyl (C=O) groups excluding carboxylic acids is 1. The SMILES string of the molecule is COc1ccc(OCC(=O)Nc2ccc(CC(C)C(=O)O)cc2)cc1C. The van der Waals surface area contributed by atoms with Gasteiger partial charge in [0.15, 0.2) is 6.61 Å². The van der Waals surface area contributed by atoms with Crippen molar-refractivity contribution in [3.63, 3.8) is 0 Å². The Morgan fingerprint density at radius 3 is 2.42 bits per heavy atom. The highest BCUT2D eigenvalue weighted by molar-refractivity contribution is 5.91. The van der Waals surface area contributed by atoms with Gasteiger partial charge < -0.3 is 19.9 Å². The van der Waals surface area contributed by atoms with Gasteiger partial charge >= 0.3 is 5.97 Å². The minimum Gasteiger partial charge on any atom is -0.496 e. The summed E-state index contributed by atoms with van der Waals surface area (Å²) in [4.78, 5) is 22.9. The van der Waals surface area contributed by atoms with Crippen LogP contribution in [-0.2, 0) is 16.0 Å². The Hall–Kier alpha value is -3.02. The molecule has 0 aliphatic carbocycles. The van der Waals surface area contributed by atoms with Crippen molar-refractivity contribution in [1.82, 2.24) is 0 Å². The molecule has 1 unspecified atom stereocenters. The second-order valence-corrected chi connectivity index (χ2v) is 6.11. The number of nitrogens with one attached hydrogen (secondary N) is 1. The van der Waals surface area contributed by atoms with Gasteiger partial charge in [-0.3, -0.25) is 9.59 Å². The van der Waals surface area contributed by atoms with E-state index in [0.29, 0.717) is 17.9 Å². The molecule has 0 aliphatic heterocycles. The van der Waals surface area contributed by atoms with Crippen LogP contribution in [0.25, 0.3) is 0 Å². The lowest BCUT2D eigenvalue weighted by Crippen LogP contribution is -2.20. The van der Waals surface area contributed by atoms with Gasteiger partial charge in [0.25, 0.3) is 5.91 Å². The number of anilines is 1. The molecule has 0 saturated carbocycles. The lowest BCUT2D eigenvalue weighted by Gasteiger charge is -2.11. The van der Waals surface area contributed by atoms with Gasteiger partial charge in [-0.1, -0.05) is 19.1 Å². The average Bonchev–Trinajstić information content (AvgIpc) is 2.61. The molecule has 2 N–H and O–H groups in total. The number of carboxylic acid groups (broad SMARTS) is 1. The van der Waals surface area contributed by atoms with Gasteiger partial charge in [-0.05, 0) is 54.8 Å². The molecule has 0 heterocycles. The first kappa shape index (κ1) is 19.3. The van der Waals surface area contributed by atoms with Crippen LogP contribution < -0.4 is 14.8 Å². The minimum atomic E-state index is -0.826. The van der Waals surface area contributed by atoms with E-state index in [-0.39, 0.29) is 12.5 Å². The molecule has 6 nitrogen and oxygen atoms in total.